The average molecular weight is 233 g/mol. The lowest BCUT2D eigenvalue weighted by Crippen LogP contribution is -2.47. The molecule has 15 heavy (non-hydrogen) atoms. The van der Waals surface area contributed by atoms with E-state index in [4.69, 9.17) is 0 Å². The summed E-state index contributed by atoms with van der Waals surface area (Å²) in [6.45, 7) is 7.83. The topological polar surface area (TPSA) is 46.2 Å². The van der Waals surface area contributed by atoms with Crippen molar-refractivity contribution in [2.75, 3.05) is 7.05 Å². The molecule has 1 saturated carbocycles. The van der Waals surface area contributed by atoms with Crippen LogP contribution in [0.1, 0.15) is 40.5 Å². The van der Waals surface area contributed by atoms with Crippen molar-refractivity contribution in [3.63, 3.8) is 0 Å². The van der Waals surface area contributed by atoms with Crippen molar-refractivity contribution in [2.45, 2.75) is 57.1 Å². The first-order chi connectivity index (χ1) is 6.73. The van der Waals surface area contributed by atoms with Gasteiger partial charge in [0.1, 0.15) is 0 Å². The summed E-state index contributed by atoms with van der Waals surface area (Å²) in [6, 6.07) is 0.0879. The zero-order chi connectivity index (χ0) is 11.9. The van der Waals surface area contributed by atoms with Gasteiger partial charge < -0.3 is 5.32 Å². The van der Waals surface area contributed by atoms with E-state index in [2.05, 4.69) is 19.2 Å². The van der Waals surface area contributed by atoms with E-state index in [1.165, 1.54) is 0 Å². The molecule has 0 aromatic carbocycles. The van der Waals surface area contributed by atoms with Gasteiger partial charge in [0, 0.05) is 6.04 Å². The molecule has 1 aliphatic carbocycles. The minimum absolute atomic E-state index is 0.0847. The molecule has 0 radical (unpaired) electrons. The monoisotopic (exact) mass is 233 g/mol. The van der Waals surface area contributed by atoms with Crippen LogP contribution >= 0.6 is 0 Å². The maximum Gasteiger partial charge on any atom is 0.157 e. The van der Waals surface area contributed by atoms with Crippen molar-refractivity contribution in [3.8, 4) is 0 Å². The average Bonchev–Trinajstić information content (AvgIpc) is 2.40. The van der Waals surface area contributed by atoms with Gasteiger partial charge in [-0.1, -0.05) is 13.8 Å². The Morgan fingerprint density at radius 2 is 1.87 bits per heavy atom. The molecule has 0 aliphatic heterocycles. The summed E-state index contributed by atoms with van der Waals surface area (Å²) >= 11 is 0. The second kappa shape index (κ2) is 4.06. The van der Waals surface area contributed by atoms with Crippen LogP contribution in [0.15, 0.2) is 0 Å². The third-order valence-corrected chi connectivity index (χ3v) is 6.34. The summed E-state index contributed by atoms with van der Waals surface area (Å²) in [7, 11) is -1.11. The predicted molar refractivity (Wildman–Crippen MR) is 63.7 cm³/mol. The molecule has 1 rings (SSSR count). The first-order valence-electron chi connectivity index (χ1n) is 5.63. The van der Waals surface area contributed by atoms with Gasteiger partial charge in [-0.15, -0.1) is 0 Å². The molecule has 0 bridgehead atoms. The number of hydrogen-bond acceptors (Lipinski definition) is 3. The number of hydrogen-bond donors (Lipinski definition) is 1. The quantitative estimate of drug-likeness (QED) is 0.805. The molecule has 0 spiro atoms. The van der Waals surface area contributed by atoms with Gasteiger partial charge in [0.2, 0.25) is 0 Å². The molecule has 0 saturated heterocycles. The number of sulfone groups is 1. The summed E-state index contributed by atoms with van der Waals surface area (Å²) in [5.74, 6) is 0. The Labute approximate surface area is 93.6 Å². The van der Waals surface area contributed by atoms with Crippen molar-refractivity contribution in [2.24, 2.45) is 5.41 Å². The van der Waals surface area contributed by atoms with E-state index in [9.17, 15) is 8.42 Å². The Morgan fingerprint density at radius 1 is 1.33 bits per heavy atom. The van der Waals surface area contributed by atoms with E-state index in [0.717, 1.165) is 12.8 Å². The van der Waals surface area contributed by atoms with Gasteiger partial charge in [-0.05, 0) is 39.2 Å². The van der Waals surface area contributed by atoms with Crippen LogP contribution in [-0.2, 0) is 9.84 Å². The zero-order valence-corrected chi connectivity index (χ0v) is 11.2. The molecular formula is C11H23NO2S. The molecule has 2 unspecified atom stereocenters. The summed E-state index contributed by atoms with van der Waals surface area (Å²) in [5, 5.41) is 2.70. The highest BCUT2D eigenvalue weighted by Crippen LogP contribution is 2.41. The van der Waals surface area contributed by atoms with Crippen LogP contribution in [0.5, 0.6) is 0 Å². The highest BCUT2D eigenvalue weighted by molar-refractivity contribution is 7.92. The van der Waals surface area contributed by atoms with Gasteiger partial charge in [-0.3, -0.25) is 0 Å². The lowest BCUT2D eigenvalue weighted by Gasteiger charge is -2.30. The number of nitrogens with one attached hydrogen (secondary N) is 1. The fourth-order valence-corrected chi connectivity index (χ4v) is 4.65. The molecule has 1 aliphatic rings. The van der Waals surface area contributed by atoms with Crippen LogP contribution in [0.2, 0.25) is 0 Å². The third-order valence-electron chi connectivity index (χ3n) is 3.68. The molecule has 0 amide bonds. The fourth-order valence-electron chi connectivity index (χ4n) is 2.62. The van der Waals surface area contributed by atoms with E-state index >= 15 is 0 Å². The molecule has 2 atom stereocenters. The smallest absolute Gasteiger partial charge is 0.157 e. The van der Waals surface area contributed by atoms with E-state index < -0.39 is 9.84 Å². The van der Waals surface area contributed by atoms with E-state index in [0.29, 0.717) is 0 Å². The highest BCUT2D eigenvalue weighted by Gasteiger charge is 2.47. The van der Waals surface area contributed by atoms with Gasteiger partial charge in [0.25, 0.3) is 0 Å². The van der Waals surface area contributed by atoms with E-state index in [1.807, 2.05) is 7.05 Å². The van der Waals surface area contributed by atoms with Gasteiger partial charge in [-0.2, -0.15) is 0 Å². The third kappa shape index (κ3) is 2.21. The van der Waals surface area contributed by atoms with Gasteiger partial charge in [0.05, 0.1) is 10.5 Å². The van der Waals surface area contributed by atoms with Crippen LogP contribution in [0.3, 0.4) is 0 Å². The lowest BCUT2D eigenvalue weighted by molar-refractivity contribution is 0.297. The summed E-state index contributed by atoms with van der Waals surface area (Å²) in [5.41, 5.74) is 0.0847. The fraction of sp³-hybridized carbons (Fsp3) is 1.00. The lowest BCUT2D eigenvalue weighted by atomic mass is 9.87. The van der Waals surface area contributed by atoms with Crippen LogP contribution in [0.4, 0.5) is 0 Å². The molecule has 1 fully saturated rings. The maximum atomic E-state index is 12.1. The Balaban J connectivity index is 3.00. The highest BCUT2D eigenvalue weighted by atomic mass is 32.2. The minimum atomic E-state index is -2.97. The summed E-state index contributed by atoms with van der Waals surface area (Å²) < 4.78 is 24.3. The van der Waals surface area contributed by atoms with Crippen molar-refractivity contribution in [1.29, 1.82) is 0 Å². The van der Waals surface area contributed by atoms with Gasteiger partial charge in [0.15, 0.2) is 9.84 Å². The Bertz CT molecular complexity index is 319. The molecule has 3 nitrogen and oxygen atoms in total. The first kappa shape index (κ1) is 13.0. The van der Waals surface area contributed by atoms with E-state index in [1.54, 1.807) is 13.8 Å². The minimum Gasteiger partial charge on any atom is -0.315 e. The second-order valence-corrected chi connectivity index (χ2v) is 8.20. The Kier molecular flexibility index (Phi) is 3.51. The largest absolute Gasteiger partial charge is 0.315 e. The normalized spacial score (nSPS) is 31.1. The van der Waals surface area contributed by atoms with Crippen LogP contribution < -0.4 is 5.32 Å². The van der Waals surface area contributed by atoms with Crippen molar-refractivity contribution in [3.05, 3.63) is 0 Å². The van der Waals surface area contributed by atoms with Crippen LogP contribution in [-0.4, -0.2) is 32.0 Å². The second-order valence-electron chi connectivity index (χ2n) is 5.47. The van der Waals surface area contributed by atoms with E-state index in [-0.39, 0.29) is 22.0 Å². The Morgan fingerprint density at radius 3 is 2.27 bits per heavy atom. The summed E-state index contributed by atoms with van der Waals surface area (Å²) in [6.07, 6.45) is 1.77. The van der Waals surface area contributed by atoms with Crippen LogP contribution in [0.25, 0.3) is 0 Å². The van der Waals surface area contributed by atoms with Crippen molar-refractivity contribution >= 4 is 9.84 Å². The maximum absolute atomic E-state index is 12.1. The Hall–Kier alpha value is -0.0900. The first-order valence-corrected chi connectivity index (χ1v) is 7.24. The van der Waals surface area contributed by atoms with Gasteiger partial charge in [-0.25, -0.2) is 8.42 Å². The molecule has 0 aromatic heterocycles. The molecule has 0 aromatic rings. The van der Waals surface area contributed by atoms with Crippen molar-refractivity contribution in [1.82, 2.24) is 5.32 Å². The number of rotatable bonds is 3. The standard InChI is InChI=1S/C11H23NO2S/c1-8(2)15(13,14)9-6-7-11(3,4)10(9)12-5/h8-10,12H,6-7H2,1-5H3. The zero-order valence-electron chi connectivity index (χ0n) is 10.4. The molecule has 4 heteroatoms. The predicted octanol–water partition coefficient (Wildman–Crippen LogP) is 1.59. The molecule has 1 N–H and O–H groups in total. The molecule has 90 valence electrons. The molecule has 0 heterocycles. The van der Waals surface area contributed by atoms with Crippen LogP contribution in [0, 0.1) is 5.41 Å². The summed E-state index contributed by atoms with van der Waals surface area (Å²) in [4.78, 5) is 0. The SMILES string of the molecule is CNC1C(S(=O)(=O)C(C)C)CCC1(C)C. The van der Waals surface area contributed by atoms with Gasteiger partial charge >= 0.3 is 0 Å². The molecular weight excluding hydrogens is 210 g/mol. The van der Waals surface area contributed by atoms with Crippen molar-refractivity contribution < 1.29 is 8.42 Å².